The zero-order valence-corrected chi connectivity index (χ0v) is 15.9. The second-order valence-electron chi connectivity index (χ2n) is 8.55. The van der Waals surface area contributed by atoms with E-state index in [1.807, 2.05) is 24.0 Å². The molecule has 5 heteroatoms. The van der Waals surface area contributed by atoms with Gasteiger partial charge in [0.25, 0.3) is 0 Å². The van der Waals surface area contributed by atoms with Crippen molar-refractivity contribution < 1.29 is 4.79 Å². The van der Waals surface area contributed by atoms with E-state index in [1.54, 1.807) is 6.33 Å². The molecule has 2 aliphatic rings. The fourth-order valence-corrected chi connectivity index (χ4v) is 4.97. The van der Waals surface area contributed by atoms with Crippen molar-refractivity contribution in [3.05, 3.63) is 48.7 Å². The molecule has 1 saturated carbocycles. The summed E-state index contributed by atoms with van der Waals surface area (Å²) in [6, 6.07) is 8.40. The number of fused-ring (bicyclic) bond motifs is 1. The van der Waals surface area contributed by atoms with Gasteiger partial charge >= 0.3 is 0 Å². The molecule has 2 aromatic heterocycles. The van der Waals surface area contributed by atoms with Crippen LogP contribution in [0.3, 0.4) is 0 Å². The lowest BCUT2D eigenvalue weighted by molar-refractivity contribution is -0.139. The maximum Gasteiger partial charge on any atom is 0.141 e. The summed E-state index contributed by atoms with van der Waals surface area (Å²) in [5.41, 5.74) is 3.53. The van der Waals surface area contributed by atoms with Crippen molar-refractivity contribution in [2.45, 2.75) is 19.3 Å². The number of pyridine rings is 1. The molecule has 1 aliphatic heterocycles. The van der Waals surface area contributed by atoms with Crippen LogP contribution in [0.1, 0.15) is 18.5 Å². The number of hydrogen-bond donors (Lipinski definition) is 0. The molecule has 0 N–H and O–H groups in total. The molecule has 0 unspecified atom stereocenters. The Hall–Kier alpha value is -2.53. The Morgan fingerprint density at radius 1 is 1.15 bits per heavy atom. The maximum absolute atomic E-state index is 12.7. The van der Waals surface area contributed by atoms with E-state index in [1.165, 1.54) is 0 Å². The van der Waals surface area contributed by atoms with Crippen molar-refractivity contribution in [2.24, 2.45) is 18.4 Å². The summed E-state index contributed by atoms with van der Waals surface area (Å²) in [6.07, 6.45) is 8.14. The van der Waals surface area contributed by atoms with Crippen molar-refractivity contribution >= 4 is 16.6 Å². The van der Waals surface area contributed by atoms with Crippen molar-refractivity contribution in [1.82, 2.24) is 19.4 Å². The largest absolute Gasteiger partial charge is 0.334 e. The number of Topliss-reactive ketones (excluding diaryl/α,β-unsaturated/α-hetero) is 1. The van der Waals surface area contributed by atoms with Crippen LogP contribution in [0.25, 0.3) is 22.0 Å². The Morgan fingerprint density at radius 3 is 2.67 bits per heavy atom. The lowest BCUT2D eigenvalue weighted by Gasteiger charge is -2.58. The van der Waals surface area contributed by atoms with Gasteiger partial charge in [0, 0.05) is 55.3 Å². The number of rotatable bonds is 4. The Bertz CT molecular complexity index is 1020. The van der Waals surface area contributed by atoms with Gasteiger partial charge in [0.05, 0.1) is 18.2 Å². The third-order valence-corrected chi connectivity index (χ3v) is 6.27. The Kier molecular flexibility index (Phi) is 3.69. The van der Waals surface area contributed by atoms with Crippen LogP contribution in [0.2, 0.25) is 0 Å². The molecule has 2 fully saturated rings. The monoisotopic (exact) mass is 360 g/mol. The van der Waals surface area contributed by atoms with Gasteiger partial charge in [0.1, 0.15) is 5.78 Å². The van der Waals surface area contributed by atoms with Crippen molar-refractivity contribution in [2.75, 3.05) is 20.1 Å². The maximum atomic E-state index is 12.7. The Labute approximate surface area is 159 Å². The SMILES string of the molecule is CN1CC2(CC(C(=O)Cc3cc4cc(-c5cncn5C)ccc4cn3)C2)C1. The van der Waals surface area contributed by atoms with Gasteiger partial charge in [0.2, 0.25) is 0 Å². The number of carbonyl (C=O) groups excluding carboxylic acids is 1. The van der Waals surface area contributed by atoms with Crippen LogP contribution >= 0.6 is 0 Å². The summed E-state index contributed by atoms with van der Waals surface area (Å²) < 4.78 is 2.01. The molecule has 27 heavy (non-hydrogen) atoms. The first-order valence-electron chi connectivity index (χ1n) is 9.58. The van der Waals surface area contributed by atoms with E-state index in [2.05, 4.69) is 46.2 Å². The molecule has 3 aromatic rings. The van der Waals surface area contributed by atoms with Crippen LogP contribution in [0.15, 0.2) is 43.0 Å². The smallest absolute Gasteiger partial charge is 0.141 e. The van der Waals surface area contributed by atoms with Gasteiger partial charge in [-0.15, -0.1) is 0 Å². The topological polar surface area (TPSA) is 51.0 Å². The molecule has 0 bridgehead atoms. The molecule has 5 nitrogen and oxygen atoms in total. The standard InChI is InChI=1S/C22H24N4O/c1-25-12-22(13-25)8-18(9-22)21(27)7-19-6-17-5-15(3-4-16(17)10-24-19)20-11-23-14-26(20)2/h3-6,10-11,14,18H,7-9,12-13H2,1-2H3. The Balaban J connectivity index is 1.33. The van der Waals surface area contributed by atoms with Crippen molar-refractivity contribution in [3.8, 4) is 11.3 Å². The van der Waals surface area contributed by atoms with Gasteiger partial charge in [-0.1, -0.05) is 12.1 Å². The fraction of sp³-hybridized carbons (Fsp3) is 0.409. The molecule has 1 aliphatic carbocycles. The van der Waals surface area contributed by atoms with E-state index in [-0.39, 0.29) is 5.92 Å². The van der Waals surface area contributed by atoms with Crippen LogP contribution in [0.5, 0.6) is 0 Å². The number of hydrogen-bond acceptors (Lipinski definition) is 4. The minimum atomic E-state index is 0.233. The molecular weight excluding hydrogens is 336 g/mol. The highest BCUT2D eigenvalue weighted by molar-refractivity contribution is 5.88. The normalized spacial score (nSPS) is 19.2. The molecule has 3 heterocycles. The highest BCUT2D eigenvalue weighted by Crippen LogP contribution is 2.51. The zero-order chi connectivity index (χ0) is 18.6. The third-order valence-electron chi connectivity index (χ3n) is 6.27. The average Bonchev–Trinajstić information content (AvgIpc) is 3.02. The molecule has 1 saturated heterocycles. The van der Waals surface area contributed by atoms with Gasteiger partial charge < -0.3 is 9.47 Å². The number of nitrogens with zero attached hydrogens (tertiary/aromatic N) is 4. The summed E-state index contributed by atoms with van der Waals surface area (Å²) in [5, 5.41) is 2.22. The Morgan fingerprint density at radius 2 is 1.96 bits per heavy atom. The summed E-state index contributed by atoms with van der Waals surface area (Å²) in [6.45, 7) is 2.31. The van der Waals surface area contributed by atoms with E-state index < -0.39 is 0 Å². The lowest BCUT2D eigenvalue weighted by Crippen LogP contribution is -2.61. The molecule has 5 rings (SSSR count). The molecule has 0 atom stereocenters. The van der Waals surface area contributed by atoms with Crippen molar-refractivity contribution in [3.63, 3.8) is 0 Å². The fourth-order valence-electron chi connectivity index (χ4n) is 4.97. The highest BCUT2D eigenvalue weighted by atomic mass is 16.1. The number of likely N-dealkylation sites (tertiary alicyclic amines) is 1. The van der Waals surface area contributed by atoms with E-state index in [0.29, 0.717) is 17.6 Å². The minimum absolute atomic E-state index is 0.233. The van der Waals surface area contributed by atoms with Crippen LogP contribution in [-0.4, -0.2) is 45.4 Å². The lowest BCUT2D eigenvalue weighted by atomic mass is 9.56. The summed E-state index contributed by atoms with van der Waals surface area (Å²) >= 11 is 0. The van der Waals surface area contributed by atoms with Gasteiger partial charge in [-0.3, -0.25) is 9.78 Å². The zero-order valence-electron chi connectivity index (χ0n) is 15.9. The quantitative estimate of drug-likeness (QED) is 0.717. The molecular formula is C22H24N4O. The van der Waals surface area contributed by atoms with E-state index in [4.69, 9.17) is 0 Å². The number of imidazole rings is 1. The summed E-state index contributed by atoms with van der Waals surface area (Å²) in [5.74, 6) is 0.585. The number of ketones is 1. The number of aryl methyl sites for hydroxylation is 1. The molecule has 1 spiro atoms. The van der Waals surface area contributed by atoms with Crippen LogP contribution in [0, 0.1) is 11.3 Å². The molecule has 138 valence electrons. The van der Waals surface area contributed by atoms with E-state index >= 15 is 0 Å². The van der Waals surface area contributed by atoms with Crippen LogP contribution in [0.4, 0.5) is 0 Å². The van der Waals surface area contributed by atoms with Gasteiger partial charge in [0.15, 0.2) is 0 Å². The van der Waals surface area contributed by atoms with E-state index in [9.17, 15) is 4.79 Å². The first-order valence-corrected chi connectivity index (χ1v) is 9.58. The highest BCUT2D eigenvalue weighted by Gasteiger charge is 2.52. The first kappa shape index (κ1) is 16.6. The number of carbonyl (C=O) groups is 1. The number of benzene rings is 1. The van der Waals surface area contributed by atoms with Crippen molar-refractivity contribution in [1.29, 1.82) is 0 Å². The second kappa shape index (κ2) is 5.99. The van der Waals surface area contributed by atoms with Crippen LogP contribution in [-0.2, 0) is 18.3 Å². The second-order valence-corrected chi connectivity index (χ2v) is 8.55. The van der Waals surface area contributed by atoms with Gasteiger partial charge in [-0.05, 0) is 42.8 Å². The van der Waals surface area contributed by atoms with Crippen LogP contribution < -0.4 is 0 Å². The minimum Gasteiger partial charge on any atom is -0.334 e. The van der Waals surface area contributed by atoms with Gasteiger partial charge in [-0.25, -0.2) is 4.98 Å². The molecule has 1 aromatic carbocycles. The predicted molar refractivity (Wildman–Crippen MR) is 105 cm³/mol. The summed E-state index contributed by atoms with van der Waals surface area (Å²) in [7, 11) is 4.15. The third kappa shape index (κ3) is 2.86. The molecule has 0 radical (unpaired) electrons. The summed E-state index contributed by atoms with van der Waals surface area (Å²) in [4.78, 5) is 23.7. The predicted octanol–water partition coefficient (Wildman–Crippen LogP) is 3.09. The number of aromatic nitrogens is 3. The van der Waals surface area contributed by atoms with Gasteiger partial charge in [-0.2, -0.15) is 0 Å². The average molecular weight is 360 g/mol. The molecule has 0 amide bonds. The van der Waals surface area contributed by atoms with E-state index in [0.717, 1.165) is 53.7 Å². The first-order chi connectivity index (χ1) is 13.0.